The number of alkyl halides is 3. The number of nitrogens with zero attached hydrogens (tertiary/aromatic N) is 2. The van der Waals surface area contributed by atoms with E-state index in [1.54, 1.807) is 30.3 Å². The van der Waals surface area contributed by atoms with Gasteiger partial charge in [-0.25, -0.2) is 4.98 Å². The van der Waals surface area contributed by atoms with Crippen molar-refractivity contribution in [3.8, 4) is 11.4 Å². The van der Waals surface area contributed by atoms with Crippen LogP contribution in [0, 0.1) is 6.92 Å². The van der Waals surface area contributed by atoms with Crippen LogP contribution < -0.4 is 0 Å². The first-order chi connectivity index (χ1) is 8.82. The number of imidazole rings is 1. The fourth-order valence-electron chi connectivity index (χ4n) is 1.93. The summed E-state index contributed by atoms with van der Waals surface area (Å²) in [5, 5.41) is 0. The molecule has 0 saturated heterocycles. The molecule has 0 N–H and O–H groups in total. The van der Waals surface area contributed by atoms with Crippen molar-refractivity contribution in [2.24, 2.45) is 7.05 Å². The molecular formula is C13H11F3N2O. The summed E-state index contributed by atoms with van der Waals surface area (Å²) in [5.41, 5.74) is 0.310. The fourth-order valence-corrected chi connectivity index (χ4v) is 1.93. The molecule has 0 radical (unpaired) electrons. The van der Waals surface area contributed by atoms with Gasteiger partial charge in [0.15, 0.2) is 0 Å². The van der Waals surface area contributed by atoms with E-state index in [4.69, 9.17) is 0 Å². The van der Waals surface area contributed by atoms with Crippen molar-refractivity contribution in [1.29, 1.82) is 0 Å². The van der Waals surface area contributed by atoms with Crippen molar-refractivity contribution >= 4 is 5.78 Å². The van der Waals surface area contributed by atoms with E-state index in [1.165, 1.54) is 18.5 Å². The Morgan fingerprint density at radius 3 is 2.32 bits per heavy atom. The maximum Gasteiger partial charge on any atom is 0.456 e. The molecule has 0 spiro atoms. The van der Waals surface area contributed by atoms with Crippen LogP contribution in [0.4, 0.5) is 13.2 Å². The topological polar surface area (TPSA) is 34.9 Å². The number of carbonyl (C=O) groups is 1. The van der Waals surface area contributed by atoms with Gasteiger partial charge in [0, 0.05) is 12.6 Å². The number of carbonyl (C=O) groups excluding carboxylic acids is 1. The number of hydrogen-bond acceptors (Lipinski definition) is 2. The van der Waals surface area contributed by atoms with Crippen molar-refractivity contribution in [3.05, 3.63) is 41.7 Å². The molecule has 0 amide bonds. The summed E-state index contributed by atoms with van der Waals surface area (Å²) in [6, 6.07) is 8.75. The zero-order chi connectivity index (χ0) is 14.2. The summed E-state index contributed by atoms with van der Waals surface area (Å²) in [6.45, 7) is 1.39. The molecule has 2 aromatic rings. The van der Waals surface area contributed by atoms with Crippen LogP contribution in [-0.2, 0) is 7.05 Å². The van der Waals surface area contributed by atoms with Crippen LogP contribution in [0.2, 0.25) is 0 Å². The van der Waals surface area contributed by atoms with Gasteiger partial charge in [-0.2, -0.15) is 13.2 Å². The van der Waals surface area contributed by atoms with Gasteiger partial charge in [0.05, 0.1) is 5.69 Å². The lowest BCUT2D eigenvalue weighted by molar-refractivity contribution is -0.0890. The Bertz CT molecular complexity index is 615. The number of rotatable bonds is 2. The molecule has 3 nitrogen and oxygen atoms in total. The Hall–Kier alpha value is -2.11. The van der Waals surface area contributed by atoms with Gasteiger partial charge in [-0.1, -0.05) is 30.3 Å². The van der Waals surface area contributed by atoms with E-state index in [0.717, 1.165) is 0 Å². The average Bonchev–Trinajstić information content (AvgIpc) is 2.64. The Kier molecular flexibility index (Phi) is 3.18. The predicted octanol–water partition coefficient (Wildman–Crippen LogP) is 3.14. The number of ketones is 1. The Labute approximate surface area is 107 Å². The third-order valence-electron chi connectivity index (χ3n) is 2.77. The van der Waals surface area contributed by atoms with Crippen molar-refractivity contribution in [3.63, 3.8) is 0 Å². The standard InChI is InChI=1S/C13H11F3N2O/c1-8-10(11(19)13(14,15)16)18(2)12(17-8)9-6-4-3-5-7-9/h3-7H,1-2H3. The molecule has 0 aliphatic carbocycles. The maximum absolute atomic E-state index is 12.5. The Morgan fingerprint density at radius 1 is 1.21 bits per heavy atom. The van der Waals surface area contributed by atoms with Gasteiger partial charge in [0.2, 0.25) is 0 Å². The number of hydrogen-bond donors (Lipinski definition) is 0. The predicted molar refractivity (Wildman–Crippen MR) is 63.8 cm³/mol. The van der Waals surface area contributed by atoms with Crippen LogP contribution in [-0.4, -0.2) is 21.5 Å². The summed E-state index contributed by atoms with van der Waals surface area (Å²) in [7, 11) is 1.40. The number of benzene rings is 1. The molecule has 0 atom stereocenters. The molecule has 0 unspecified atom stereocenters. The zero-order valence-electron chi connectivity index (χ0n) is 10.3. The highest BCUT2D eigenvalue weighted by Crippen LogP contribution is 2.27. The van der Waals surface area contributed by atoms with E-state index < -0.39 is 17.7 Å². The van der Waals surface area contributed by atoms with E-state index in [0.29, 0.717) is 11.4 Å². The minimum Gasteiger partial charge on any atom is -0.324 e. The first kappa shape index (κ1) is 13.3. The van der Waals surface area contributed by atoms with Crippen LogP contribution >= 0.6 is 0 Å². The molecule has 19 heavy (non-hydrogen) atoms. The van der Waals surface area contributed by atoms with Crippen LogP contribution in [0.3, 0.4) is 0 Å². The second kappa shape index (κ2) is 4.53. The first-order valence-corrected chi connectivity index (χ1v) is 5.52. The molecule has 1 aromatic heterocycles. The highest BCUT2D eigenvalue weighted by Gasteiger charge is 2.42. The minimum absolute atomic E-state index is 0.0729. The molecule has 6 heteroatoms. The lowest BCUT2D eigenvalue weighted by Crippen LogP contribution is -2.25. The number of aromatic nitrogens is 2. The average molecular weight is 268 g/mol. The molecule has 0 aliphatic rings. The largest absolute Gasteiger partial charge is 0.456 e. The van der Waals surface area contributed by atoms with Gasteiger partial charge >= 0.3 is 6.18 Å². The van der Waals surface area contributed by atoms with Crippen LogP contribution in [0.15, 0.2) is 30.3 Å². The lowest BCUT2D eigenvalue weighted by atomic mass is 10.2. The van der Waals surface area contributed by atoms with Crippen molar-refractivity contribution in [2.75, 3.05) is 0 Å². The molecule has 0 bridgehead atoms. The molecule has 1 heterocycles. The maximum atomic E-state index is 12.5. The molecule has 100 valence electrons. The van der Waals surface area contributed by atoms with E-state index in [-0.39, 0.29) is 5.69 Å². The van der Waals surface area contributed by atoms with Gasteiger partial charge in [-0.05, 0) is 6.92 Å². The van der Waals surface area contributed by atoms with Gasteiger partial charge < -0.3 is 4.57 Å². The smallest absolute Gasteiger partial charge is 0.324 e. The molecule has 0 fully saturated rings. The first-order valence-electron chi connectivity index (χ1n) is 5.52. The quantitative estimate of drug-likeness (QED) is 0.784. The second-order valence-electron chi connectivity index (χ2n) is 4.12. The number of aryl methyl sites for hydroxylation is 1. The second-order valence-corrected chi connectivity index (χ2v) is 4.12. The summed E-state index contributed by atoms with van der Waals surface area (Å²) >= 11 is 0. The van der Waals surface area contributed by atoms with Gasteiger partial charge in [0.1, 0.15) is 11.5 Å². The van der Waals surface area contributed by atoms with Crippen molar-refractivity contribution in [1.82, 2.24) is 9.55 Å². The molecular weight excluding hydrogens is 257 g/mol. The normalized spacial score (nSPS) is 11.6. The van der Waals surface area contributed by atoms with Crippen LogP contribution in [0.5, 0.6) is 0 Å². The molecule has 0 saturated carbocycles. The lowest BCUT2D eigenvalue weighted by Gasteiger charge is -2.08. The highest BCUT2D eigenvalue weighted by molar-refractivity contribution is 6.00. The van der Waals surface area contributed by atoms with Gasteiger partial charge in [-0.15, -0.1) is 0 Å². The van der Waals surface area contributed by atoms with E-state index in [9.17, 15) is 18.0 Å². The molecule has 0 aliphatic heterocycles. The Morgan fingerprint density at radius 2 is 1.79 bits per heavy atom. The van der Waals surface area contributed by atoms with Gasteiger partial charge in [0.25, 0.3) is 5.78 Å². The number of halogens is 3. The summed E-state index contributed by atoms with van der Waals surface area (Å²) in [4.78, 5) is 15.4. The van der Waals surface area contributed by atoms with Crippen molar-refractivity contribution < 1.29 is 18.0 Å². The zero-order valence-corrected chi connectivity index (χ0v) is 10.3. The number of Topliss-reactive ketones (excluding diaryl/α,β-unsaturated/α-hetero) is 1. The summed E-state index contributed by atoms with van der Waals surface area (Å²) in [5.74, 6) is -1.53. The third kappa shape index (κ3) is 2.38. The SMILES string of the molecule is Cc1nc(-c2ccccc2)n(C)c1C(=O)C(F)(F)F. The van der Waals surface area contributed by atoms with Crippen molar-refractivity contribution in [2.45, 2.75) is 13.1 Å². The molecule has 1 aromatic carbocycles. The summed E-state index contributed by atoms with van der Waals surface area (Å²) in [6.07, 6.45) is -4.90. The molecule has 2 rings (SSSR count). The third-order valence-corrected chi connectivity index (χ3v) is 2.77. The fraction of sp³-hybridized carbons (Fsp3) is 0.231. The highest BCUT2D eigenvalue weighted by atomic mass is 19.4. The van der Waals surface area contributed by atoms with E-state index >= 15 is 0 Å². The van der Waals surface area contributed by atoms with Crippen LogP contribution in [0.1, 0.15) is 16.2 Å². The summed E-state index contributed by atoms with van der Waals surface area (Å²) < 4.78 is 38.7. The van der Waals surface area contributed by atoms with E-state index in [1.807, 2.05) is 0 Å². The Balaban J connectivity index is 2.56. The van der Waals surface area contributed by atoms with Gasteiger partial charge in [-0.3, -0.25) is 4.79 Å². The minimum atomic E-state index is -4.90. The van der Waals surface area contributed by atoms with Crippen LogP contribution in [0.25, 0.3) is 11.4 Å². The monoisotopic (exact) mass is 268 g/mol. The van der Waals surface area contributed by atoms with E-state index in [2.05, 4.69) is 4.98 Å².